The van der Waals surface area contributed by atoms with Gasteiger partial charge in [-0.1, -0.05) is 41.6 Å². The fraction of sp³-hybridized carbons (Fsp3) is 0.391. The van der Waals surface area contributed by atoms with Crippen molar-refractivity contribution >= 4 is 24.8 Å². The van der Waals surface area contributed by atoms with Crippen molar-refractivity contribution in [3.8, 4) is 11.3 Å². The van der Waals surface area contributed by atoms with E-state index in [4.69, 9.17) is 4.52 Å². The van der Waals surface area contributed by atoms with Gasteiger partial charge in [0, 0.05) is 48.4 Å². The molecule has 5 rings (SSSR count). The molecule has 2 aliphatic rings. The van der Waals surface area contributed by atoms with Crippen LogP contribution in [0.15, 0.2) is 57.8 Å². The van der Waals surface area contributed by atoms with Crippen LogP contribution in [0.2, 0.25) is 0 Å². The first-order valence-corrected chi connectivity index (χ1v) is 10.3. The van der Waals surface area contributed by atoms with Crippen molar-refractivity contribution in [1.82, 2.24) is 19.9 Å². The number of nitrogens with one attached hydrogen (secondary N) is 1. The second-order valence-corrected chi connectivity index (χ2v) is 8.37. The van der Waals surface area contributed by atoms with Crippen molar-refractivity contribution < 1.29 is 4.52 Å². The summed E-state index contributed by atoms with van der Waals surface area (Å²) in [6.45, 7) is 4.02. The van der Waals surface area contributed by atoms with Crippen LogP contribution in [0, 0.1) is 5.92 Å². The Labute approximate surface area is 194 Å². The van der Waals surface area contributed by atoms with Crippen molar-refractivity contribution in [2.75, 3.05) is 20.1 Å². The molecule has 0 unspecified atom stereocenters. The highest BCUT2D eigenvalue weighted by Gasteiger charge is 2.31. The lowest BCUT2D eigenvalue weighted by molar-refractivity contribution is 0.250. The van der Waals surface area contributed by atoms with Gasteiger partial charge >= 0.3 is 0 Å². The third-order valence-electron chi connectivity index (χ3n) is 6.08. The predicted octanol–water partition coefficient (Wildman–Crippen LogP) is 3.69. The summed E-state index contributed by atoms with van der Waals surface area (Å²) in [5.41, 5.74) is 4.06. The molecule has 2 aliphatic heterocycles. The summed E-state index contributed by atoms with van der Waals surface area (Å²) in [4.78, 5) is 15.2. The summed E-state index contributed by atoms with van der Waals surface area (Å²) < 4.78 is 7.54. The van der Waals surface area contributed by atoms with E-state index in [1.807, 2.05) is 54.1 Å². The van der Waals surface area contributed by atoms with Crippen molar-refractivity contribution in [3.05, 3.63) is 75.9 Å². The second kappa shape index (κ2) is 10.0. The average molecular weight is 463 g/mol. The Hall–Kier alpha value is -2.12. The molecule has 0 radical (unpaired) electrons. The Morgan fingerprint density at radius 2 is 1.94 bits per heavy atom. The van der Waals surface area contributed by atoms with E-state index in [9.17, 15) is 4.79 Å². The highest BCUT2D eigenvalue weighted by Crippen LogP contribution is 2.31. The highest BCUT2D eigenvalue weighted by atomic mass is 35.5. The Morgan fingerprint density at radius 3 is 2.74 bits per heavy atom. The summed E-state index contributed by atoms with van der Waals surface area (Å²) in [6, 6.07) is 16.1. The minimum absolute atomic E-state index is 0. The second-order valence-electron chi connectivity index (χ2n) is 8.37. The number of piperidine rings is 1. The molecule has 166 valence electrons. The zero-order chi connectivity index (χ0) is 19.8. The molecule has 8 heteroatoms. The summed E-state index contributed by atoms with van der Waals surface area (Å²) in [7, 11) is 2.01. The van der Waals surface area contributed by atoms with Crippen LogP contribution in [0.1, 0.15) is 29.4 Å². The van der Waals surface area contributed by atoms with Crippen LogP contribution in [0.25, 0.3) is 11.3 Å². The van der Waals surface area contributed by atoms with Gasteiger partial charge in [0.05, 0.1) is 6.54 Å². The van der Waals surface area contributed by atoms with Crippen molar-refractivity contribution in [1.29, 1.82) is 0 Å². The Morgan fingerprint density at radius 1 is 1.13 bits per heavy atom. The Bertz CT molecular complexity index is 1070. The smallest absolute Gasteiger partial charge is 0.255 e. The molecule has 1 N–H and O–H groups in total. The number of aromatic nitrogens is 2. The van der Waals surface area contributed by atoms with E-state index in [2.05, 4.69) is 21.4 Å². The fourth-order valence-corrected chi connectivity index (χ4v) is 4.70. The summed E-state index contributed by atoms with van der Waals surface area (Å²) >= 11 is 0. The lowest BCUT2D eigenvalue weighted by Crippen LogP contribution is -2.45. The van der Waals surface area contributed by atoms with Crippen LogP contribution >= 0.6 is 24.8 Å². The lowest BCUT2D eigenvalue weighted by atomic mass is 9.84. The lowest BCUT2D eigenvalue weighted by Gasteiger charge is -2.37. The number of halogens is 2. The largest absolute Gasteiger partial charge is 0.359 e. The van der Waals surface area contributed by atoms with E-state index >= 15 is 0 Å². The van der Waals surface area contributed by atoms with Gasteiger partial charge in [-0.25, -0.2) is 0 Å². The predicted molar refractivity (Wildman–Crippen MR) is 126 cm³/mol. The number of fused-ring (bicyclic) bond motifs is 4. The number of hydrogen-bond acceptors (Lipinski definition) is 5. The van der Waals surface area contributed by atoms with Crippen molar-refractivity contribution in [3.63, 3.8) is 0 Å². The average Bonchev–Trinajstić information content (AvgIpc) is 3.20. The molecular formula is C23H28Cl2N4O2. The molecule has 1 aromatic carbocycles. The fourth-order valence-electron chi connectivity index (χ4n) is 4.70. The molecular weight excluding hydrogens is 435 g/mol. The van der Waals surface area contributed by atoms with Crippen LogP contribution in [0.5, 0.6) is 0 Å². The minimum Gasteiger partial charge on any atom is -0.359 e. The maximum absolute atomic E-state index is 13.1. The monoisotopic (exact) mass is 462 g/mol. The number of rotatable bonds is 5. The molecule has 31 heavy (non-hydrogen) atoms. The molecule has 0 amide bonds. The molecule has 0 aliphatic carbocycles. The molecule has 0 spiro atoms. The van der Waals surface area contributed by atoms with Crippen LogP contribution in [-0.4, -0.2) is 34.8 Å². The topological polar surface area (TPSA) is 63.3 Å². The van der Waals surface area contributed by atoms with E-state index in [1.54, 1.807) is 0 Å². The maximum atomic E-state index is 13.1. The SMILES string of the molecule is CN(Cc1cc(-c2ccccc2)no1)Cc1ccc2n(c1=O)C[C@@H]1CNC[C@H]2C1.Cl.Cl. The van der Waals surface area contributed by atoms with Crippen molar-refractivity contribution in [2.45, 2.75) is 32.0 Å². The summed E-state index contributed by atoms with van der Waals surface area (Å²) in [6.07, 6.45) is 1.20. The van der Waals surface area contributed by atoms with Gasteiger partial charge in [-0.3, -0.25) is 9.69 Å². The van der Waals surface area contributed by atoms with E-state index < -0.39 is 0 Å². The number of nitrogens with zero attached hydrogens (tertiary/aromatic N) is 3. The van der Waals surface area contributed by atoms with Gasteiger partial charge in [-0.05, 0) is 32.0 Å². The van der Waals surface area contributed by atoms with Crippen molar-refractivity contribution in [2.24, 2.45) is 5.92 Å². The van der Waals surface area contributed by atoms with Crippen LogP contribution in [0.4, 0.5) is 0 Å². The van der Waals surface area contributed by atoms with Gasteiger partial charge in [-0.2, -0.15) is 0 Å². The third-order valence-corrected chi connectivity index (χ3v) is 6.08. The third kappa shape index (κ3) is 4.88. The van der Waals surface area contributed by atoms with Crippen LogP contribution < -0.4 is 10.9 Å². The van der Waals surface area contributed by atoms with Gasteiger partial charge in [0.2, 0.25) is 0 Å². The molecule has 2 atom stereocenters. The van der Waals surface area contributed by atoms with Gasteiger partial charge in [0.1, 0.15) is 5.69 Å². The van der Waals surface area contributed by atoms with Gasteiger partial charge in [0.25, 0.3) is 5.56 Å². The first-order chi connectivity index (χ1) is 14.2. The first-order valence-electron chi connectivity index (χ1n) is 10.3. The summed E-state index contributed by atoms with van der Waals surface area (Å²) in [5.74, 6) is 1.83. The summed E-state index contributed by atoms with van der Waals surface area (Å²) in [5, 5.41) is 7.68. The Kier molecular flexibility index (Phi) is 7.59. The number of benzene rings is 1. The zero-order valence-corrected chi connectivity index (χ0v) is 19.1. The van der Waals surface area contributed by atoms with Crippen LogP contribution in [-0.2, 0) is 19.6 Å². The Balaban J connectivity index is 0.00000136. The minimum atomic E-state index is 0. The first kappa shape index (κ1) is 23.5. The molecule has 1 fully saturated rings. The molecule has 0 saturated carbocycles. The standard InChI is InChI=1S/C23H26N4O2.2ClH/c1-26(15-20-10-21(25-29-20)17-5-3-2-4-6-17)14-18-7-8-22-19-9-16(11-24-12-19)13-27(22)23(18)28;;/h2-8,10,16,19,24H,9,11-15H2,1H3;2*1H/t16-,19+;;/m0../s1. The number of hydrogen-bond donors (Lipinski definition) is 1. The molecule has 6 nitrogen and oxygen atoms in total. The van der Waals surface area contributed by atoms with E-state index in [0.717, 1.165) is 42.2 Å². The molecule has 4 heterocycles. The number of pyridine rings is 1. The van der Waals surface area contributed by atoms with Gasteiger partial charge in [0.15, 0.2) is 5.76 Å². The van der Waals surface area contributed by atoms with E-state index in [-0.39, 0.29) is 30.4 Å². The van der Waals surface area contributed by atoms with Crippen LogP contribution in [0.3, 0.4) is 0 Å². The quantitative estimate of drug-likeness (QED) is 0.626. The van der Waals surface area contributed by atoms with E-state index in [0.29, 0.717) is 24.9 Å². The molecule has 2 aromatic heterocycles. The van der Waals surface area contributed by atoms with Gasteiger partial charge in [-0.15, -0.1) is 24.8 Å². The molecule has 2 bridgehead atoms. The molecule has 3 aromatic rings. The van der Waals surface area contributed by atoms with Gasteiger partial charge < -0.3 is 14.4 Å². The molecule has 1 saturated heterocycles. The normalized spacial score (nSPS) is 19.3. The maximum Gasteiger partial charge on any atom is 0.255 e. The van der Waals surface area contributed by atoms with E-state index in [1.165, 1.54) is 12.1 Å². The zero-order valence-electron chi connectivity index (χ0n) is 17.5. The highest BCUT2D eigenvalue weighted by molar-refractivity contribution is 5.85.